The third-order valence-electron chi connectivity index (χ3n) is 4.51. The molecule has 0 fully saturated rings. The summed E-state index contributed by atoms with van der Waals surface area (Å²) in [7, 11) is -3.68. The van der Waals surface area contributed by atoms with Gasteiger partial charge in [-0.05, 0) is 43.2 Å². The van der Waals surface area contributed by atoms with E-state index in [-0.39, 0.29) is 29.2 Å². The molecule has 0 radical (unpaired) electrons. The van der Waals surface area contributed by atoms with Gasteiger partial charge in [0.05, 0.1) is 27.3 Å². The van der Waals surface area contributed by atoms with Gasteiger partial charge in [0, 0.05) is 31.4 Å². The van der Waals surface area contributed by atoms with Gasteiger partial charge < -0.3 is 5.32 Å². The highest BCUT2D eigenvalue weighted by Crippen LogP contribution is 2.17. The zero-order valence-electron chi connectivity index (χ0n) is 16.9. The number of carbonyl (C=O) groups is 1. The van der Waals surface area contributed by atoms with Gasteiger partial charge in [0.1, 0.15) is 0 Å². The SMILES string of the molecule is Cc1ccc(C)c(S(=O)(=O)NCCNC(=O)c2cnn(-c3ccc([N+](=O)[O-])cc3)c2)c1. The number of aromatic nitrogens is 2. The Hall–Kier alpha value is -3.57. The Morgan fingerprint density at radius 1 is 1.13 bits per heavy atom. The van der Waals surface area contributed by atoms with Gasteiger partial charge in [-0.15, -0.1) is 0 Å². The maximum atomic E-state index is 12.5. The van der Waals surface area contributed by atoms with Crippen molar-refractivity contribution in [1.29, 1.82) is 0 Å². The number of non-ortho nitro benzene ring substituents is 1. The number of hydrogen-bond acceptors (Lipinski definition) is 6. The highest BCUT2D eigenvalue weighted by atomic mass is 32.2. The molecule has 0 saturated heterocycles. The van der Waals surface area contributed by atoms with E-state index < -0.39 is 20.9 Å². The van der Waals surface area contributed by atoms with Crippen molar-refractivity contribution >= 4 is 21.6 Å². The minimum Gasteiger partial charge on any atom is -0.351 e. The lowest BCUT2D eigenvalue weighted by molar-refractivity contribution is -0.384. The number of nitro benzene ring substituents is 1. The Bertz CT molecular complexity index is 1220. The van der Waals surface area contributed by atoms with Crippen LogP contribution in [-0.4, -0.2) is 42.1 Å². The summed E-state index contributed by atoms with van der Waals surface area (Å²) in [5, 5.41) is 17.4. The van der Waals surface area contributed by atoms with Gasteiger partial charge in [-0.3, -0.25) is 14.9 Å². The molecule has 3 aromatic rings. The van der Waals surface area contributed by atoms with E-state index in [1.807, 2.05) is 13.0 Å². The van der Waals surface area contributed by atoms with E-state index >= 15 is 0 Å². The molecule has 3 rings (SSSR count). The molecule has 0 bridgehead atoms. The molecule has 0 aliphatic heterocycles. The molecule has 2 aromatic carbocycles. The maximum absolute atomic E-state index is 12.5. The van der Waals surface area contributed by atoms with Gasteiger partial charge in [-0.25, -0.2) is 17.8 Å². The Balaban J connectivity index is 1.56. The number of benzene rings is 2. The first-order valence-corrected chi connectivity index (χ1v) is 10.8. The second kappa shape index (κ2) is 9.06. The highest BCUT2D eigenvalue weighted by molar-refractivity contribution is 7.89. The first kappa shape index (κ1) is 22.1. The lowest BCUT2D eigenvalue weighted by Crippen LogP contribution is -2.34. The predicted molar refractivity (Wildman–Crippen MR) is 114 cm³/mol. The van der Waals surface area contributed by atoms with E-state index in [2.05, 4.69) is 15.1 Å². The minimum absolute atomic E-state index is 0.0257. The number of carbonyl (C=O) groups excluding carboxylic acids is 1. The lowest BCUT2D eigenvalue weighted by Gasteiger charge is -2.10. The summed E-state index contributed by atoms with van der Waals surface area (Å²) < 4.78 is 28.8. The molecule has 1 aromatic heterocycles. The number of nitrogens with one attached hydrogen (secondary N) is 2. The van der Waals surface area contributed by atoms with Crippen LogP contribution in [0.2, 0.25) is 0 Å². The number of rotatable bonds is 8. The lowest BCUT2D eigenvalue weighted by atomic mass is 10.2. The Labute approximate surface area is 179 Å². The molecule has 162 valence electrons. The molecule has 0 aliphatic carbocycles. The maximum Gasteiger partial charge on any atom is 0.269 e. The summed E-state index contributed by atoms with van der Waals surface area (Å²) in [5.74, 6) is -0.418. The van der Waals surface area contributed by atoms with E-state index in [9.17, 15) is 23.3 Å². The molecule has 1 amide bonds. The van der Waals surface area contributed by atoms with Crippen LogP contribution in [0.4, 0.5) is 5.69 Å². The van der Waals surface area contributed by atoms with E-state index in [0.717, 1.165) is 5.56 Å². The largest absolute Gasteiger partial charge is 0.351 e. The number of hydrogen-bond donors (Lipinski definition) is 2. The average molecular weight is 443 g/mol. The van der Waals surface area contributed by atoms with Gasteiger partial charge in [-0.1, -0.05) is 12.1 Å². The fraction of sp³-hybridized carbons (Fsp3) is 0.200. The third kappa shape index (κ3) is 5.32. The van der Waals surface area contributed by atoms with Crippen LogP contribution in [0, 0.1) is 24.0 Å². The molecule has 0 aliphatic rings. The molecule has 1 heterocycles. The normalized spacial score (nSPS) is 11.3. The quantitative estimate of drug-likeness (QED) is 0.311. The summed E-state index contributed by atoms with van der Waals surface area (Å²) in [6.07, 6.45) is 2.84. The van der Waals surface area contributed by atoms with E-state index in [1.54, 1.807) is 19.1 Å². The zero-order chi connectivity index (χ0) is 22.6. The molecular formula is C20H21N5O5S. The monoisotopic (exact) mass is 443 g/mol. The van der Waals surface area contributed by atoms with Crippen LogP contribution in [-0.2, 0) is 10.0 Å². The zero-order valence-corrected chi connectivity index (χ0v) is 17.7. The van der Waals surface area contributed by atoms with Crippen LogP contribution in [0.3, 0.4) is 0 Å². The molecule has 0 unspecified atom stereocenters. The number of sulfonamides is 1. The van der Waals surface area contributed by atoms with Crippen molar-refractivity contribution in [2.75, 3.05) is 13.1 Å². The second-order valence-electron chi connectivity index (χ2n) is 6.87. The first-order valence-electron chi connectivity index (χ1n) is 9.32. The average Bonchev–Trinajstić information content (AvgIpc) is 3.23. The molecule has 0 atom stereocenters. The van der Waals surface area contributed by atoms with Gasteiger partial charge in [0.15, 0.2) is 0 Å². The third-order valence-corrected chi connectivity index (χ3v) is 6.11. The van der Waals surface area contributed by atoms with Crippen LogP contribution >= 0.6 is 0 Å². The number of nitro groups is 1. The summed E-state index contributed by atoms with van der Waals surface area (Å²) in [6.45, 7) is 3.65. The fourth-order valence-electron chi connectivity index (χ4n) is 2.85. The fourth-order valence-corrected chi connectivity index (χ4v) is 4.21. The Morgan fingerprint density at radius 2 is 1.84 bits per heavy atom. The van der Waals surface area contributed by atoms with Gasteiger partial charge in [0.2, 0.25) is 10.0 Å². The van der Waals surface area contributed by atoms with Crippen molar-refractivity contribution in [2.45, 2.75) is 18.7 Å². The van der Waals surface area contributed by atoms with Gasteiger partial charge in [-0.2, -0.15) is 5.10 Å². The second-order valence-corrected chi connectivity index (χ2v) is 8.61. The van der Waals surface area contributed by atoms with Crippen molar-refractivity contribution in [2.24, 2.45) is 0 Å². The molecule has 11 heteroatoms. The number of nitrogens with zero attached hydrogens (tertiary/aromatic N) is 3. The van der Waals surface area contributed by atoms with Crippen molar-refractivity contribution in [3.63, 3.8) is 0 Å². The highest BCUT2D eigenvalue weighted by Gasteiger charge is 2.17. The number of amides is 1. The Morgan fingerprint density at radius 3 is 2.52 bits per heavy atom. The summed E-state index contributed by atoms with van der Waals surface area (Å²) >= 11 is 0. The topological polar surface area (TPSA) is 136 Å². The van der Waals surface area contributed by atoms with Gasteiger partial charge >= 0.3 is 0 Å². The predicted octanol–water partition coefficient (Wildman–Crippen LogP) is 2.11. The minimum atomic E-state index is -3.68. The van der Waals surface area contributed by atoms with Crippen molar-refractivity contribution in [3.8, 4) is 5.69 Å². The van der Waals surface area contributed by atoms with Crippen LogP contribution in [0.1, 0.15) is 21.5 Å². The van der Waals surface area contributed by atoms with Crippen LogP contribution in [0.25, 0.3) is 5.69 Å². The van der Waals surface area contributed by atoms with Crippen molar-refractivity contribution in [3.05, 3.63) is 81.7 Å². The van der Waals surface area contributed by atoms with E-state index in [0.29, 0.717) is 11.3 Å². The van der Waals surface area contributed by atoms with Crippen LogP contribution < -0.4 is 10.0 Å². The van der Waals surface area contributed by atoms with Crippen LogP contribution in [0.15, 0.2) is 59.8 Å². The molecule has 2 N–H and O–H groups in total. The van der Waals surface area contributed by atoms with Crippen LogP contribution in [0.5, 0.6) is 0 Å². The molecular weight excluding hydrogens is 422 g/mol. The van der Waals surface area contributed by atoms with Crippen molar-refractivity contribution in [1.82, 2.24) is 19.8 Å². The van der Waals surface area contributed by atoms with Gasteiger partial charge in [0.25, 0.3) is 11.6 Å². The summed E-state index contributed by atoms with van der Waals surface area (Å²) in [4.78, 5) is 22.7. The first-order chi connectivity index (χ1) is 14.7. The molecule has 0 spiro atoms. The Kier molecular flexibility index (Phi) is 6.47. The summed E-state index contributed by atoms with van der Waals surface area (Å²) in [6, 6.07) is 10.9. The standard InChI is InChI=1S/C20H21N5O5S/c1-14-3-4-15(2)19(11-14)31(29,30)23-10-9-21-20(26)16-12-22-24(13-16)17-5-7-18(8-6-17)25(27)28/h3-8,11-13,23H,9-10H2,1-2H3,(H,21,26). The smallest absolute Gasteiger partial charge is 0.269 e. The molecule has 10 nitrogen and oxygen atoms in total. The van der Waals surface area contributed by atoms with Crippen molar-refractivity contribution < 1.29 is 18.1 Å². The molecule has 31 heavy (non-hydrogen) atoms. The summed E-state index contributed by atoms with van der Waals surface area (Å²) in [5.41, 5.74) is 2.27. The van der Waals surface area contributed by atoms with E-state index in [4.69, 9.17) is 0 Å². The molecule has 0 saturated carbocycles. The van der Waals surface area contributed by atoms with E-state index in [1.165, 1.54) is 41.3 Å². The number of aryl methyl sites for hydroxylation is 2.